The van der Waals surface area contributed by atoms with E-state index in [1.807, 2.05) is 0 Å². The third kappa shape index (κ3) is 1.94. The van der Waals surface area contributed by atoms with E-state index in [1.165, 1.54) is 0 Å². The van der Waals surface area contributed by atoms with Crippen molar-refractivity contribution in [2.24, 2.45) is 0 Å². The lowest BCUT2D eigenvalue weighted by Crippen LogP contribution is -2.20. The van der Waals surface area contributed by atoms with E-state index in [4.69, 9.17) is 4.74 Å². The van der Waals surface area contributed by atoms with Crippen molar-refractivity contribution in [3.05, 3.63) is 0 Å². The Hall–Kier alpha value is -0.110. The number of hydrogen-bond acceptors (Lipinski definition) is 1. The van der Waals surface area contributed by atoms with Gasteiger partial charge in [-0.2, -0.15) is 0 Å². The first kappa shape index (κ1) is 7.99. The largest absolute Gasteiger partial charge is 0.346 e. The first-order chi connectivity index (χ1) is 4.77. The molecular weight excluding hydrogens is 131 g/mol. The van der Waals surface area contributed by atoms with E-state index in [-0.39, 0.29) is 0 Å². The lowest BCUT2D eigenvalue weighted by Gasteiger charge is -2.17. The Bertz CT molecular complexity index is 97.4. The molecule has 1 nitrogen and oxygen atoms in total. The van der Waals surface area contributed by atoms with Gasteiger partial charge in [0.25, 0.3) is 0 Å². The van der Waals surface area contributed by atoms with E-state index < -0.39 is 5.85 Å². The van der Waals surface area contributed by atoms with Crippen LogP contribution in [0.15, 0.2) is 0 Å². The van der Waals surface area contributed by atoms with Crippen LogP contribution in [0.25, 0.3) is 0 Å². The lowest BCUT2D eigenvalue weighted by molar-refractivity contribution is -0.112. The maximum Gasteiger partial charge on any atom is 0.209 e. The van der Waals surface area contributed by atoms with Crippen LogP contribution in [0, 0.1) is 0 Å². The molecule has 1 aliphatic heterocycles. The second kappa shape index (κ2) is 3.33. The fourth-order valence-corrected chi connectivity index (χ4v) is 1.30. The van der Waals surface area contributed by atoms with Gasteiger partial charge in [0.05, 0.1) is 6.61 Å². The number of rotatable bonds is 3. The molecule has 0 saturated carbocycles. The topological polar surface area (TPSA) is 9.23 Å². The summed E-state index contributed by atoms with van der Waals surface area (Å²) in [6.07, 6.45) is 4.07. The molecule has 0 radical (unpaired) electrons. The Kier molecular flexibility index (Phi) is 2.66. The molecule has 0 aromatic carbocycles. The van der Waals surface area contributed by atoms with Gasteiger partial charge in [-0.05, 0) is 12.8 Å². The highest BCUT2D eigenvalue weighted by molar-refractivity contribution is 4.72. The van der Waals surface area contributed by atoms with E-state index in [0.29, 0.717) is 19.4 Å². The molecule has 60 valence electrons. The van der Waals surface area contributed by atoms with Crippen molar-refractivity contribution >= 4 is 0 Å². The maximum atomic E-state index is 13.3. The van der Waals surface area contributed by atoms with E-state index in [0.717, 1.165) is 19.3 Å². The molecule has 0 bridgehead atoms. The summed E-state index contributed by atoms with van der Waals surface area (Å²) in [7, 11) is 0. The highest BCUT2D eigenvalue weighted by Crippen LogP contribution is 2.31. The SMILES string of the molecule is CCCCC1(F)CCCO1. The van der Waals surface area contributed by atoms with Crippen molar-refractivity contribution in [1.29, 1.82) is 0 Å². The number of ether oxygens (including phenoxy) is 1. The average Bonchev–Trinajstić information content (AvgIpc) is 2.33. The monoisotopic (exact) mass is 146 g/mol. The molecule has 1 fully saturated rings. The molecule has 1 aliphatic rings. The number of alkyl halides is 1. The van der Waals surface area contributed by atoms with Gasteiger partial charge in [0.15, 0.2) is 0 Å². The Labute approximate surface area is 61.6 Å². The molecular formula is C8H15FO. The minimum Gasteiger partial charge on any atom is -0.346 e. The molecule has 1 heterocycles. The van der Waals surface area contributed by atoms with Crippen LogP contribution in [0.5, 0.6) is 0 Å². The molecule has 1 rings (SSSR count). The molecule has 0 N–H and O–H groups in total. The van der Waals surface area contributed by atoms with Gasteiger partial charge in [-0.1, -0.05) is 13.3 Å². The van der Waals surface area contributed by atoms with Crippen LogP contribution >= 0.6 is 0 Å². The Balaban J connectivity index is 2.22. The van der Waals surface area contributed by atoms with Gasteiger partial charge in [0.2, 0.25) is 5.85 Å². The zero-order valence-corrected chi connectivity index (χ0v) is 6.53. The summed E-state index contributed by atoms with van der Waals surface area (Å²) in [6.45, 7) is 2.68. The van der Waals surface area contributed by atoms with Crippen LogP contribution < -0.4 is 0 Å². The summed E-state index contributed by atoms with van der Waals surface area (Å²) >= 11 is 0. The second-order valence-electron chi connectivity index (χ2n) is 2.94. The zero-order chi connectivity index (χ0) is 7.45. The third-order valence-corrected chi connectivity index (χ3v) is 1.96. The molecule has 0 aromatic heterocycles. The predicted octanol–water partition coefficient (Wildman–Crippen LogP) is 2.65. The van der Waals surface area contributed by atoms with E-state index >= 15 is 0 Å². The van der Waals surface area contributed by atoms with Gasteiger partial charge in [0.1, 0.15) is 0 Å². The standard InChI is InChI=1S/C8H15FO/c1-2-3-5-8(9)6-4-7-10-8/h2-7H2,1H3. The smallest absolute Gasteiger partial charge is 0.209 e. The van der Waals surface area contributed by atoms with Crippen LogP contribution in [0.3, 0.4) is 0 Å². The minimum absolute atomic E-state index is 0.587. The summed E-state index contributed by atoms with van der Waals surface area (Å²) in [4.78, 5) is 0. The minimum atomic E-state index is -1.25. The van der Waals surface area contributed by atoms with Crippen LogP contribution in [0.2, 0.25) is 0 Å². The Morgan fingerprint density at radius 1 is 1.60 bits per heavy atom. The van der Waals surface area contributed by atoms with Gasteiger partial charge in [-0.25, -0.2) is 4.39 Å². The zero-order valence-electron chi connectivity index (χ0n) is 6.53. The van der Waals surface area contributed by atoms with Crippen molar-refractivity contribution in [1.82, 2.24) is 0 Å². The molecule has 0 aliphatic carbocycles. The van der Waals surface area contributed by atoms with Crippen molar-refractivity contribution in [2.75, 3.05) is 6.61 Å². The van der Waals surface area contributed by atoms with E-state index in [9.17, 15) is 4.39 Å². The summed E-state index contributed by atoms with van der Waals surface area (Å²) in [5.41, 5.74) is 0. The molecule has 1 atom stereocenters. The van der Waals surface area contributed by atoms with Crippen LogP contribution in [-0.2, 0) is 4.74 Å². The quantitative estimate of drug-likeness (QED) is 0.594. The molecule has 0 amide bonds. The lowest BCUT2D eigenvalue weighted by atomic mass is 10.1. The molecule has 10 heavy (non-hydrogen) atoms. The van der Waals surface area contributed by atoms with Crippen LogP contribution in [0.1, 0.15) is 39.0 Å². The fourth-order valence-electron chi connectivity index (χ4n) is 1.30. The van der Waals surface area contributed by atoms with E-state index in [2.05, 4.69) is 6.92 Å². The maximum absolute atomic E-state index is 13.3. The van der Waals surface area contributed by atoms with E-state index in [1.54, 1.807) is 0 Å². The first-order valence-electron chi connectivity index (χ1n) is 4.10. The predicted molar refractivity (Wildman–Crippen MR) is 38.6 cm³/mol. The molecule has 1 saturated heterocycles. The fraction of sp³-hybridized carbons (Fsp3) is 1.00. The van der Waals surface area contributed by atoms with Crippen molar-refractivity contribution < 1.29 is 9.13 Å². The summed E-state index contributed by atoms with van der Waals surface area (Å²) in [5, 5.41) is 0. The highest BCUT2D eigenvalue weighted by Gasteiger charge is 2.33. The normalized spacial score (nSPS) is 33.0. The van der Waals surface area contributed by atoms with Crippen LogP contribution in [0.4, 0.5) is 4.39 Å². The molecule has 1 unspecified atom stereocenters. The summed E-state index contributed by atoms with van der Waals surface area (Å²) in [6, 6.07) is 0. The van der Waals surface area contributed by atoms with Crippen molar-refractivity contribution in [3.8, 4) is 0 Å². The average molecular weight is 146 g/mol. The summed E-state index contributed by atoms with van der Waals surface area (Å²) < 4.78 is 18.3. The third-order valence-electron chi connectivity index (χ3n) is 1.96. The summed E-state index contributed by atoms with van der Waals surface area (Å²) in [5.74, 6) is -1.25. The molecule has 0 spiro atoms. The Morgan fingerprint density at radius 3 is 2.90 bits per heavy atom. The first-order valence-corrected chi connectivity index (χ1v) is 4.10. The van der Waals surface area contributed by atoms with Gasteiger partial charge in [-0.3, -0.25) is 0 Å². The van der Waals surface area contributed by atoms with Crippen molar-refractivity contribution in [3.63, 3.8) is 0 Å². The number of halogens is 1. The number of unbranched alkanes of at least 4 members (excludes halogenated alkanes) is 1. The van der Waals surface area contributed by atoms with Gasteiger partial charge >= 0.3 is 0 Å². The van der Waals surface area contributed by atoms with Crippen molar-refractivity contribution in [2.45, 2.75) is 44.9 Å². The molecule has 2 heteroatoms. The Morgan fingerprint density at radius 2 is 2.40 bits per heavy atom. The van der Waals surface area contributed by atoms with Gasteiger partial charge < -0.3 is 4.74 Å². The van der Waals surface area contributed by atoms with Crippen LogP contribution in [-0.4, -0.2) is 12.5 Å². The van der Waals surface area contributed by atoms with Gasteiger partial charge in [0, 0.05) is 12.8 Å². The second-order valence-corrected chi connectivity index (χ2v) is 2.94. The van der Waals surface area contributed by atoms with Gasteiger partial charge in [-0.15, -0.1) is 0 Å². The highest BCUT2D eigenvalue weighted by atomic mass is 19.2. The molecule has 0 aromatic rings. The number of hydrogen-bond donors (Lipinski definition) is 0.